The maximum Gasteiger partial charge on any atom is 0.222 e. The average Bonchev–Trinajstić information content (AvgIpc) is 3.39. The molecule has 1 aromatic carbocycles. The molecule has 4 heterocycles. The first-order chi connectivity index (χ1) is 13.6. The first-order valence-corrected chi connectivity index (χ1v) is 9.48. The van der Waals surface area contributed by atoms with Gasteiger partial charge in [-0.25, -0.2) is 4.98 Å². The molecule has 0 radical (unpaired) electrons. The first-order valence-electron chi connectivity index (χ1n) is 9.48. The second-order valence-corrected chi connectivity index (χ2v) is 7.57. The van der Waals surface area contributed by atoms with Gasteiger partial charge in [0, 0.05) is 37.3 Å². The van der Waals surface area contributed by atoms with Gasteiger partial charge in [0.25, 0.3) is 0 Å². The van der Waals surface area contributed by atoms with Crippen molar-refractivity contribution in [2.75, 3.05) is 31.7 Å². The highest BCUT2D eigenvalue weighted by Gasteiger charge is 2.37. The fourth-order valence-corrected chi connectivity index (χ4v) is 4.42. The molecule has 0 amide bonds. The van der Waals surface area contributed by atoms with Gasteiger partial charge in [0.2, 0.25) is 5.95 Å². The maximum absolute atomic E-state index is 6.04. The number of hydrogen-bond donors (Lipinski definition) is 3. The Morgan fingerprint density at radius 3 is 2.89 bits per heavy atom. The van der Waals surface area contributed by atoms with Crippen LogP contribution in [-0.2, 0) is 13.1 Å². The molecule has 2 atom stereocenters. The normalized spacial score (nSPS) is 21.6. The van der Waals surface area contributed by atoms with E-state index in [-0.39, 0.29) is 5.95 Å². The van der Waals surface area contributed by atoms with Crippen LogP contribution in [0, 0.1) is 0 Å². The minimum Gasteiger partial charge on any atom is -0.496 e. The fraction of sp³-hybridized carbons (Fsp3) is 0.421. The number of nitrogen functional groups attached to an aromatic ring is 2. The van der Waals surface area contributed by atoms with Crippen molar-refractivity contribution < 1.29 is 4.74 Å². The summed E-state index contributed by atoms with van der Waals surface area (Å²) in [5.41, 5.74) is 15.3. The Labute approximate surface area is 162 Å². The smallest absolute Gasteiger partial charge is 0.222 e. The summed E-state index contributed by atoms with van der Waals surface area (Å²) < 4.78 is 7.45. The lowest BCUT2D eigenvalue weighted by Crippen LogP contribution is -2.42. The Morgan fingerprint density at radius 1 is 1.25 bits per heavy atom. The number of nitrogens with one attached hydrogen (secondary N) is 1. The zero-order valence-corrected chi connectivity index (χ0v) is 15.8. The third-order valence-electron chi connectivity index (χ3n) is 5.76. The Morgan fingerprint density at radius 2 is 2.14 bits per heavy atom. The van der Waals surface area contributed by atoms with Gasteiger partial charge in [0.05, 0.1) is 19.9 Å². The van der Waals surface area contributed by atoms with Gasteiger partial charge in [-0.2, -0.15) is 10.1 Å². The van der Waals surface area contributed by atoms with Crippen LogP contribution in [-0.4, -0.2) is 56.9 Å². The third-order valence-corrected chi connectivity index (χ3v) is 5.76. The van der Waals surface area contributed by atoms with E-state index in [2.05, 4.69) is 43.5 Å². The molecule has 9 nitrogen and oxygen atoms in total. The van der Waals surface area contributed by atoms with Crippen LogP contribution in [0.2, 0.25) is 0 Å². The number of benzene rings is 1. The van der Waals surface area contributed by atoms with Crippen LogP contribution < -0.4 is 21.5 Å². The number of nitrogens with zero attached hydrogens (tertiary/aromatic N) is 5. The highest BCUT2D eigenvalue weighted by Crippen LogP contribution is 2.28. The molecule has 2 aliphatic rings. The summed E-state index contributed by atoms with van der Waals surface area (Å²) in [4.78, 5) is 10.8. The van der Waals surface area contributed by atoms with Crippen LogP contribution in [0.1, 0.15) is 17.5 Å². The van der Waals surface area contributed by atoms with Gasteiger partial charge in [0.15, 0.2) is 5.82 Å². The predicted molar refractivity (Wildman–Crippen MR) is 107 cm³/mol. The standard InChI is InChI=1S/C19H24N8O/c1-28-16-4-11(8-26-10-13-5-14(26)6-22-13)2-3-12(16)9-27-17-15(7-23-27)24-19(21)25-18(17)20/h2-4,7,13-14,22H,5-6,8-10H2,1H3,(H4,20,21,24,25). The maximum atomic E-state index is 6.04. The number of likely N-dealkylation sites (tertiary alicyclic amines) is 1. The minimum absolute atomic E-state index is 0.150. The topological polar surface area (TPSA) is 120 Å². The van der Waals surface area contributed by atoms with Gasteiger partial charge in [-0.05, 0) is 18.1 Å². The summed E-state index contributed by atoms with van der Waals surface area (Å²) in [6, 6.07) is 7.70. The van der Waals surface area contributed by atoms with Crippen LogP contribution in [0.15, 0.2) is 24.4 Å². The number of aromatic nitrogens is 4. The minimum atomic E-state index is 0.150. The molecule has 0 aliphatic carbocycles. The highest BCUT2D eigenvalue weighted by molar-refractivity contribution is 5.85. The molecule has 2 saturated heterocycles. The number of hydrogen-bond acceptors (Lipinski definition) is 8. The quantitative estimate of drug-likeness (QED) is 0.588. The zero-order chi connectivity index (χ0) is 19.3. The van der Waals surface area contributed by atoms with Crippen LogP contribution in [0.4, 0.5) is 11.8 Å². The number of piperazine rings is 1. The van der Waals surface area contributed by atoms with Crippen molar-refractivity contribution in [3.63, 3.8) is 0 Å². The van der Waals surface area contributed by atoms with Gasteiger partial charge in [-0.15, -0.1) is 0 Å². The van der Waals surface area contributed by atoms with E-state index in [1.807, 2.05) is 0 Å². The fourth-order valence-electron chi connectivity index (χ4n) is 4.42. The Bertz CT molecular complexity index is 1030. The van der Waals surface area contributed by atoms with Crippen molar-refractivity contribution in [3.8, 4) is 5.75 Å². The molecular formula is C19H24N8O. The largest absolute Gasteiger partial charge is 0.496 e. The van der Waals surface area contributed by atoms with Crippen molar-refractivity contribution in [1.29, 1.82) is 0 Å². The summed E-state index contributed by atoms with van der Waals surface area (Å²) in [5, 5.41) is 7.95. The summed E-state index contributed by atoms with van der Waals surface area (Å²) >= 11 is 0. The van der Waals surface area contributed by atoms with E-state index in [0.717, 1.165) is 30.9 Å². The summed E-state index contributed by atoms with van der Waals surface area (Å²) in [7, 11) is 1.70. The molecule has 28 heavy (non-hydrogen) atoms. The molecule has 146 valence electrons. The van der Waals surface area contributed by atoms with E-state index in [0.29, 0.717) is 35.5 Å². The summed E-state index contributed by atoms with van der Waals surface area (Å²) in [5.74, 6) is 1.32. The van der Waals surface area contributed by atoms with Crippen molar-refractivity contribution in [2.24, 2.45) is 0 Å². The van der Waals surface area contributed by atoms with Crippen LogP contribution in [0.3, 0.4) is 0 Å². The molecule has 2 fully saturated rings. The summed E-state index contributed by atoms with van der Waals surface area (Å²) in [6.07, 6.45) is 2.91. The van der Waals surface area contributed by atoms with Crippen molar-refractivity contribution >= 4 is 22.8 Å². The SMILES string of the molecule is COc1cc(CN2CC3CC2CN3)ccc1Cn1ncc2nc(N)nc(N)c21. The number of nitrogens with two attached hydrogens (primary N) is 2. The van der Waals surface area contributed by atoms with E-state index in [1.165, 1.54) is 12.0 Å². The second kappa shape index (κ2) is 6.61. The molecule has 2 aliphatic heterocycles. The number of anilines is 2. The lowest BCUT2D eigenvalue weighted by Gasteiger charge is -2.27. The molecule has 5 rings (SSSR count). The lowest BCUT2D eigenvalue weighted by molar-refractivity contribution is 0.217. The molecule has 3 aromatic rings. The molecule has 2 bridgehead atoms. The second-order valence-electron chi connectivity index (χ2n) is 7.57. The Balaban J connectivity index is 1.40. The highest BCUT2D eigenvalue weighted by atomic mass is 16.5. The monoisotopic (exact) mass is 380 g/mol. The molecular weight excluding hydrogens is 356 g/mol. The molecule has 5 N–H and O–H groups in total. The molecule has 0 spiro atoms. The van der Waals surface area contributed by atoms with Crippen LogP contribution in [0.25, 0.3) is 11.0 Å². The number of rotatable bonds is 5. The van der Waals surface area contributed by atoms with Crippen molar-refractivity contribution in [1.82, 2.24) is 30.0 Å². The van der Waals surface area contributed by atoms with E-state index < -0.39 is 0 Å². The number of ether oxygens (including phenoxy) is 1. The Kier molecular flexibility index (Phi) is 4.06. The lowest BCUT2D eigenvalue weighted by atomic mass is 10.1. The van der Waals surface area contributed by atoms with Gasteiger partial charge in [-0.1, -0.05) is 12.1 Å². The first kappa shape index (κ1) is 17.2. The van der Waals surface area contributed by atoms with Crippen LogP contribution in [0.5, 0.6) is 5.75 Å². The van der Waals surface area contributed by atoms with Gasteiger partial charge in [0.1, 0.15) is 16.8 Å². The van der Waals surface area contributed by atoms with Gasteiger partial charge >= 0.3 is 0 Å². The summed E-state index contributed by atoms with van der Waals surface area (Å²) in [6.45, 7) is 3.68. The number of fused-ring (bicyclic) bond motifs is 3. The average molecular weight is 380 g/mol. The van der Waals surface area contributed by atoms with Crippen molar-refractivity contribution in [2.45, 2.75) is 31.6 Å². The predicted octanol–water partition coefficient (Wildman–Crippen LogP) is 0.594. The van der Waals surface area contributed by atoms with Crippen molar-refractivity contribution in [3.05, 3.63) is 35.5 Å². The molecule has 2 unspecified atom stereocenters. The van der Waals surface area contributed by atoms with Gasteiger partial charge in [-0.3, -0.25) is 9.58 Å². The van der Waals surface area contributed by atoms with E-state index in [4.69, 9.17) is 16.2 Å². The van der Waals surface area contributed by atoms with E-state index in [9.17, 15) is 0 Å². The van der Waals surface area contributed by atoms with E-state index in [1.54, 1.807) is 18.0 Å². The zero-order valence-electron chi connectivity index (χ0n) is 15.8. The Hall–Kier alpha value is -2.91. The van der Waals surface area contributed by atoms with E-state index >= 15 is 0 Å². The molecule has 9 heteroatoms. The molecule has 2 aromatic heterocycles. The van der Waals surface area contributed by atoms with Crippen LogP contribution >= 0.6 is 0 Å². The number of methoxy groups -OCH3 is 1. The van der Waals surface area contributed by atoms with Gasteiger partial charge < -0.3 is 21.5 Å². The third kappa shape index (κ3) is 2.92. The molecule has 0 saturated carbocycles.